The number of rotatable bonds is 1. The highest BCUT2D eigenvalue weighted by Gasteiger charge is 2.59. The minimum Gasteiger partial charge on any atom is -0.472 e. The van der Waals surface area contributed by atoms with E-state index in [0.29, 0.717) is 10.8 Å². The van der Waals surface area contributed by atoms with Gasteiger partial charge in [0.15, 0.2) is 0 Å². The zero-order valence-electron chi connectivity index (χ0n) is 16.5. The highest BCUT2D eigenvalue weighted by atomic mass is 16.3. The summed E-state index contributed by atoms with van der Waals surface area (Å²) in [6.07, 6.45) is 17.2. The van der Waals surface area contributed by atoms with Gasteiger partial charge in [-0.25, -0.2) is 0 Å². The van der Waals surface area contributed by atoms with E-state index in [9.17, 15) is 0 Å². The number of hydrogen-bond donors (Lipinski definition) is 0. The SMILES string of the molecule is CC1(C)CCCC2C1CC[C@]1(C)C2CCC2C1CC[C@H]2c1ccoc1. The molecule has 0 bridgehead atoms. The zero-order chi connectivity index (χ0) is 17.2. The molecule has 4 aliphatic rings. The maximum absolute atomic E-state index is 5.43. The Labute approximate surface area is 154 Å². The Kier molecular flexibility index (Phi) is 3.71. The van der Waals surface area contributed by atoms with Crippen LogP contribution in [0.1, 0.15) is 90.0 Å². The van der Waals surface area contributed by atoms with E-state index in [2.05, 4.69) is 26.8 Å². The van der Waals surface area contributed by atoms with Crippen LogP contribution in [-0.2, 0) is 0 Å². The van der Waals surface area contributed by atoms with Crippen molar-refractivity contribution in [3.63, 3.8) is 0 Å². The minimum absolute atomic E-state index is 0.593. The largest absolute Gasteiger partial charge is 0.472 e. The fraction of sp³-hybridized carbons (Fsp3) is 0.833. The molecule has 7 atom stereocenters. The molecule has 0 saturated heterocycles. The van der Waals surface area contributed by atoms with Gasteiger partial charge < -0.3 is 4.42 Å². The second kappa shape index (κ2) is 5.64. The quantitative estimate of drug-likeness (QED) is 0.534. The Hall–Kier alpha value is -0.720. The van der Waals surface area contributed by atoms with Gasteiger partial charge in [0, 0.05) is 0 Å². The van der Waals surface area contributed by atoms with Gasteiger partial charge in [-0.05, 0) is 109 Å². The third-order valence-corrected chi connectivity index (χ3v) is 9.69. The van der Waals surface area contributed by atoms with Crippen molar-refractivity contribution in [2.75, 3.05) is 0 Å². The summed E-state index contributed by atoms with van der Waals surface area (Å²) in [6.45, 7) is 7.86. The molecular formula is C24H36O. The Bertz CT molecular complexity index is 614. The topological polar surface area (TPSA) is 13.1 Å². The van der Waals surface area contributed by atoms with Gasteiger partial charge in [0.1, 0.15) is 0 Å². The molecule has 1 heteroatoms. The highest BCUT2D eigenvalue weighted by molar-refractivity contribution is 5.19. The van der Waals surface area contributed by atoms with E-state index in [1.54, 1.807) is 0 Å². The molecule has 0 spiro atoms. The monoisotopic (exact) mass is 340 g/mol. The first-order valence-electron chi connectivity index (χ1n) is 11.0. The molecule has 4 fully saturated rings. The molecule has 0 aromatic carbocycles. The van der Waals surface area contributed by atoms with Crippen molar-refractivity contribution in [1.82, 2.24) is 0 Å². The van der Waals surface area contributed by atoms with Gasteiger partial charge in [-0.15, -0.1) is 0 Å². The van der Waals surface area contributed by atoms with Crippen LogP contribution < -0.4 is 0 Å². The van der Waals surface area contributed by atoms with E-state index in [-0.39, 0.29) is 0 Å². The average molecular weight is 341 g/mol. The molecule has 0 N–H and O–H groups in total. The van der Waals surface area contributed by atoms with Crippen LogP contribution in [-0.4, -0.2) is 0 Å². The van der Waals surface area contributed by atoms with Gasteiger partial charge >= 0.3 is 0 Å². The second-order valence-electron chi connectivity index (χ2n) is 10.9. The van der Waals surface area contributed by atoms with Gasteiger partial charge in [-0.3, -0.25) is 0 Å². The standard InChI is InChI=1S/C24H36O/c1-23(2)12-4-5-19-20(23)10-13-24(3)21-8-6-17(16-11-14-25-15-16)18(21)7-9-22(19)24/h11,14-15,17-22H,4-10,12-13H2,1-3H3/t17-,18?,19?,20?,21?,22?,24-/m0/s1. The summed E-state index contributed by atoms with van der Waals surface area (Å²) in [4.78, 5) is 0. The van der Waals surface area contributed by atoms with Crippen LogP contribution in [0.3, 0.4) is 0 Å². The van der Waals surface area contributed by atoms with Crippen molar-refractivity contribution in [2.24, 2.45) is 40.4 Å². The molecular weight excluding hydrogens is 304 g/mol. The van der Waals surface area contributed by atoms with E-state index in [1.807, 2.05) is 12.5 Å². The van der Waals surface area contributed by atoms with Crippen molar-refractivity contribution in [1.29, 1.82) is 0 Å². The Morgan fingerprint density at radius 2 is 1.64 bits per heavy atom. The minimum atomic E-state index is 0.593. The smallest absolute Gasteiger partial charge is 0.0937 e. The molecule has 4 saturated carbocycles. The lowest BCUT2D eigenvalue weighted by molar-refractivity contribution is -0.119. The first-order valence-corrected chi connectivity index (χ1v) is 11.0. The summed E-state index contributed by atoms with van der Waals surface area (Å²) in [7, 11) is 0. The van der Waals surface area contributed by atoms with E-state index in [0.717, 1.165) is 35.5 Å². The van der Waals surface area contributed by atoms with Crippen molar-refractivity contribution in [3.05, 3.63) is 24.2 Å². The summed E-state index contributed by atoms with van der Waals surface area (Å²) >= 11 is 0. The van der Waals surface area contributed by atoms with Crippen LogP contribution in [0.2, 0.25) is 0 Å². The predicted octanol–water partition coefficient (Wildman–Crippen LogP) is 7.04. The van der Waals surface area contributed by atoms with Crippen LogP contribution in [0.4, 0.5) is 0 Å². The maximum Gasteiger partial charge on any atom is 0.0937 e. The third kappa shape index (κ3) is 2.33. The Morgan fingerprint density at radius 1 is 0.840 bits per heavy atom. The molecule has 1 nitrogen and oxygen atoms in total. The van der Waals surface area contributed by atoms with Crippen LogP contribution in [0.25, 0.3) is 0 Å². The molecule has 138 valence electrons. The van der Waals surface area contributed by atoms with Crippen LogP contribution in [0.5, 0.6) is 0 Å². The molecule has 0 amide bonds. The molecule has 0 radical (unpaired) electrons. The number of furan rings is 1. The third-order valence-electron chi connectivity index (χ3n) is 9.69. The Morgan fingerprint density at radius 3 is 2.44 bits per heavy atom. The van der Waals surface area contributed by atoms with Crippen LogP contribution >= 0.6 is 0 Å². The fourth-order valence-corrected chi connectivity index (χ4v) is 8.55. The van der Waals surface area contributed by atoms with Gasteiger partial charge in [-0.2, -0.15) is 0 Å². The lowest BCUT2D eigenvalue weighted by atomic mass is 9.44. The average Bonchev–Trinajstić information content (AvgIpc) is 3.23. The second-order valence-corrected chi connectivity index (χ2v) is 10.9. The number of fused-ring (bicyclic) bond motifs is 5. The van der Waals surface area contributed by atoms with Gasteiger partial charge in [-0.1, -0.05) is 27.2 Å². The fourth-order valence-electron chi connectivity index (χ4n) is 8.55. The van der Waals surface area contributed by atoms with E-state index in [4.69, 9.17) is 4.42 Å². The van der Waals surface area contributed by atoms with Crippen molar-refractivity contribution < 1.29 is 4.42 Å². The highest BCUT2D eigenvalue weighted by Crippen LogP contribution is 2.68. The molecule has 5 rings (SSSR count). The lowest BCUT2D eigenvalue weighted by Gasteiger charge is -2.61. The normalized spacial score (nSPS) is 48.4. The van der Waals surface area contributed by atoms with Crippen molar-refractivity contribution in [2.45, 2.75) is 84.5 Å². The summed E-state index contributed by atoms with van der Waals surface area (Å²) < 4.78 is 5.43. The molecule has 1 aromatic heterocycles. The van der Waals surface area contributed by atoms with Crippen molar-refractivity contribution >= 4 is 0 Å². The van der Waals surface area contributed by atoms with Crippen molar-refractivity contribution in [3.8, 4) is 0 Å². The molecule has 1 aromatic rings. The van der Waals surface area contributed by atoms with Crippen LogP contribution in [0, 0.1) is 40.4 Å². The van der Waals surface area contributed by atoms with E-state index >= 15 is 0 Å². The van der Waals surface area contributed by atoms with Gasteiger partial charge in [0.2, 0.25) is 0 Å². The summed E-state index contributed by atoms with van der Waals surface area (Å²) in [5.41, 5.74) is 2.70. The van der Waals surface area contributed by atoms with Gasteiger partial charge in [0.25, 0.3) is 0 Å². The van der Waals surface area contributed by atoms with Crippen LogP contribution in [0.15, 0.2) is 23.0 Å². The molecule has 25 heavy (non-hydrogen) atoms. The number of hydrogen-bond acceptors (Lipinski definition) is 1. The molecule has 0 aliphatic heterocycles. The molecule has 1 heterocycles. The lowest BCUT2D eigenvalue weighted by Crippen LogP contribution is -2.53. The summed E-state index contributed by atoms with van der Waals surface area (Å²) in [6, 6.07) is 2.24. The maximum atomic E-state index is 5.43. The van der Waals surface area contributed by atoms with E-state index in [1.165, 1.54) is 63.4 Å². The first kappa shape index (κ1) is 16.5. The molecule has 5 unspecified atom stereocenters. The van der Waals surface area contributed by atoms with E-state index < -0.39 is 0 Å². The Balaban J connectivity index is 1.43. The van der Waals surface area contributed by atoms with Gasteiger partial charge in [0.05, 0.1) is 12.5 Å². The summed E-state index contributed by atoms with van der Waals surface area (Å²) in [5.74, 6) is 5.71. The molecule has 4 aliphatic carbocycles. The first-order chi connectivity index (χ1) is 12.0. The zero-order valence-corrected chi connectivity index (χ0v) is 16.5. The summed E-state index contributed by atoms with van der Waals surface area (Å²) in [5, 5.41) is 0. The predicted molar refractivity (Wildman–Crippen MR) is 102 cm³/mol.